The topological polar surface area (TPSA) is 58.2 Å². The first-order valence-electron chi connectivity index (χ1n) is 9.41. The molecule has 2 amide bonds. The molecule has 1 unspecified atom stereocenters. The number of hydrogen-bond donors (Lipinski definition) is 2. The standard InChI is InChI=1S/C23H30N2O2/c1-16(2)20(22(27)24-15-17-9-7-6-8-10-17)25-21(26)18-11-13-19(14-12-18)23(3,4)5/h6-14,16,20H,15H2,1-5H3,(H,24,27)(H,25,26). The van der Waals surface area contributed by atoms with Crippen LogP contribution in [-0.2, 0) is 16.8 Å². The second kappa shape index (κ2) is 8.85. The van der Waals surface area contributed by atoms with E-state index in [4.69, 9.17) is 0 Å². The largest absolute Gasteiger partial charge is 0.350 e. The highest BCUT2D eigenvalue weighted by Gasteiger charge is 2.24. The van der Waals surface area contributed by atoms with Gasteiger partial charge in [-0.3, -0.25) is 9.59 Å². The maximum absolute atomic E-state index is 12.6. The van der Waals surface area contributed by atoms with Crippen LogP contribution in [0.2, 0.25) is 0 Å². The van der Waals surface area contributed by atoms with E-state index in [0.717, 1.165) is 5.56 Å². The van der Waals surface area contributed by atoms with Crippen LogP contribution in [0.15, 0.2) is 54.6 Å². The van der Waals surface area contributed by atoms with Crippen LogP contribution in [-0.4, -0.2) is 17.9 Å². The molecule has 4 nitrogen and oxygen atoms in total. The van der Waals surface area contributed by atoms with Crippen LogP contribution in [0.4, 0.5) is 0 Å². The quantitative estimate of drug-likeness (QED) is 0.810. The van der Waals surface area contributed by atoms with E-state index in [0.29, 0.717) is 12.1 Å². The predicted octanol–water partition coefficient (Wildman–Crippen LogP) is 4.05. The van der Waals surface area contributed by atoms with Crippen LogP contribution < -0.4 is 10.6 Å². The van der Waals surface area contributed by atoms with Gasteiger partial charge < -0.3 is 10.6 Å². The van der Waals surface area contributed by atoms with Gasteiger partial charge in [-0.2, -0.15) is 0 Å². The number of carbonyl (C=O) groups excluding carboxylic acids is 2. The molecule has 0 bridgehead atoms. The number of carbonyl (C=O) groups is 2. The average Bonchev–Trinajstić information content (AvgIpc) is 2.64. The molecule has 0 spiro atoms. The van der Waals surface area contributed by atoms with E-state index in [1.807, 2.05) is 68.4 Å². The third-order valence-corrected chi connectivity index (χ3v) is 4.56. The van der Waals surface area contributed by atoms with Crippen LogP contribution in [0, 0.1) is 5.92 Å². The molecule has 2 aromatic carbocycles. The van der Waals surface area contributed by atoms with Gasteiger partial charge in [-0.15, -0.1) is 0 Å². The van der Waals surface area contributed by atoms with Gasteiger partial charge in [0, 0.05) is 12.1 Å². The van der Waals surface area contributed by atoms with Gasteiger partial charge in [-0.05, 0) is 34.6 Å². The molecule has 0 aromatic heterocycles. The average molecular weight is 367 g/mol. The number of benzene rings is 2. The maximum atomic E-state index is 12.6. The van der Waals surface area contributed by atoms with Crippen molar-refractivity contribution in [1.82, 2.24) is 10.6 Å². The fraction of sp³-hybridized carbons (Fsp3) is 0.391. The zero-order chi connectivity index (χ0) is 20.0. The Morgan fingerprint density at radius 1 is 0.926 bits per heavy atom. The van der Waals surface area contributed by atoms with Crippen molar-refractivity contribution in [3.8, 4) is 0 Å². The summed E-state index contributed by atoms with van der Waals surface area (Å²) in [6.45, 7) is 10.7. The predicted molar refractivity (Wildman–Crippen MR) is 110 cm³/mol. The maximum Gasteiger partial charge on any atom is 0.251 e. The van der Waals surface area contributed by atoms with E-state index in [-0.39, 0.29) is 23.1 Å². The van der Waals surface area contributed by atoms with Gasteiger partial charge >= 0.3 is 0 Å². The Kier molecular flexibility index (Phi) is 6.78. The molecule has 144 valence electrons. The normalized spacial score (nSPS) is 12.5. The Labute approximate surface area is 162 Å². The molecular formula is C23H30N2O2. The molecule has 4 heteroatoms. The zero-order valence-corrected chi connectivity index (χ0v) is 16.9. The molecule has 1 atom stereocenters. The Morgan fingerprint density at radius 3 is 2.04 bits per heavy atom. The molecule has 2 rings (SSSR count). The molecule has 2 aromatic rings. The lowest BCUT2D eigenvalue weighted by Crippen LogP contribution is -2.49. The Hall–Kier alpha value is -2.62. The highest BCUT2D eigenvalue weighted by atomic mass is 16.2. The summed E-state index contributed by atoms with van der Waals surface area (Å²) in [7, 11) is 0. The van der Waals surface area contributed by atoms with E-state index in [1.54, 1.807) is 0 Å². The van der Waals surface area contributed by atoms with Crippen molar-refractivity contribution in [3.63, 3.8) is 0 Å². The molecule has 2 N–H and O–H groups in total. The molecule has 0 aliphatic rings. The van der Waals surface area contributed by atoms with Crippen molar-refractivity contribution in [3.05, 3.63) is 71.3 Å². The number of nitrogens with one attached hydrogen (secondary N) is 2. The lowest BCUT2D eigenvalue weighted by molar-refractivity contribution is -0.124. The molecule has 0 saturated carbocycles. The summed E-state index contributed by atoms with van der Waals surface area (Å²) in [6.07, 6.45) is 0. The fourth-order valence-electron chi connectivity index (χ4n) is 2.78. The van der Waals surface area contributed by atoms with Gasteiger partial charge in [0.2, 0.25) is 5.91 Å². The first-order valence-corrected chi connectivity index (χ1v) is 9.41. The minimum Gasteiger partial charge on any atom is -0.350 e. The van der Waals surface area contributed by atoms with E-state index >= 15 is 0 Å². The second-order valence-corrected chi connectivity index (χ2v) is 8.23. The molecule has 0 heterocycles. The minimum atomic E-state index is -0.580. The summed E-state index contributed by atoms with van der Waals surface area (Å²) in [4.78, 5) is 25.2. The number of amides is 2. The Morgan fingerprint density at radius 2 is 1.52 bits per heavy atom. The Bertz CT molecular complexity index is 759. The summed E-state index contributed by atoms with van der Waals surface area (Å²) in [5, 5.41) is 5.79. The van der Waals surface area contributed by atoms with Gasteiger partial charge in [-0.1, -0.05) is 77.1 Å². The molecule has 0 aliphatic carbocycles. The van der Waals surface area contributed by atoms with E-state index < -0.39 is 6.04 Å². The van der Waals surface area contributed by atoms with Crippen LogP contribution in [0.1, 0.15) is 56.1 Å². The highest BCUT2D eigenvalue weighted by Crippen LogP contribution is 2.22. The van der Waals surface area contributed by atoms with Crippen LogP contribution >= 0.6 is 0 Å². The van der Waals surface area contributed by atoms with Crippen molar-refractivity contribution < 1.29 is 9.59 Å². The first-order chi connectivity index (χ1) is 12.7. The lowest BCUT2D eigenvalue weighted by atomic mass is 9.86. The fourth-order valence-corrected chi connectivity index (χ4v) is 2.78. The van der Waals surface area contributed by atoms with Gasteiger partial charge in [0.25, 0.3) is 5.91 Å². The van der Waals surface area contributed by atoms with Crippen LogP contribution in [0.25, 0.3) is 0 Å². The SMILES string of the molecule is CC(C)C(NC(=O)c1ccc(C(C)(C)C)cc1)C(=O)NCc1ccccc1. The van der Waals surface area contributed by atoms with Gasteiger partial charge in [-0.25, -0.2) is 0 Å². The van der Waals surface area contributed by atoms with Crippen molar-refractivity contribution in [2.75, 3.05) is 0 Å². The smallest absolute Gasteiger partial charge is 0.251 e. The summed E-state index contributed by atoms with van der Waals surface area (Å²) in [5.74, 6) is -0.420. The number of rotatable bonds is 6. The number of hydrogen-bond acceptors (Lipinski definition) is 2. The van der Waals surface area contributed by atoms with Crippen molar-refractivity contribution in [1.29, 1.82) is 0 Å². The van der Waals surface area contributed by atoms with Gasteiger partial charge in [0.05, 0.1) is 0 Å². The summed E-state index contributed by atoms with van der Waals surface area (Å²) >= 11 is 0. The highest BCUT2D eigenvalue weighted by molar-refractivity contribution is 5.97. The second-order valence-electron chi connectivity index (χ2n) is 8.23. The van der Waals surface area contributed by atoms with Crippen molar-refractivity contribution in [2.45, 2.75) is 52.6 Å². The summed E-state index contributed by atoms with van der Waals surface area (Å²) < 4.78 is 0. The molecule has 0 aliphatic heterocycles. The Balaban J connectivity index is 2.02. The summed E-state index contributed by atoms with van der Waals surface area (Å²) in [5.41, 5.74) is 2.79. The zero-order valence-electron chi connectivity index (χ0n) is 16.9. The minimum absolute atomic E-state index is 0.0152. The van der Waals surface area contributed by atoms with Crippen molar-refractivity contribution in [2.24, 2.45) is 5.92 Å². The van der Waals surface area contributed by atoms with Gasteiger partial charge in [0.15, 0.2) is 0 Å². The third kappa shape index (κ3) is 5.95. The van der Waals surface area contributed by atoms with E-state index in [9.17, 15) is 9.59 Å². The lowest BCUT2D eigenvalue weighted by Gasteiger charge is -2.22. The monoisotopic (exact) mass is 366 g/mol. The van der Waals surface area contributed by atoms with Gasteiger partial charge in [0.1, 0.15) is 6.04 Å². The first kappa shape index (κ1) is 20.7. The molecule has 0 radical (unpaired) electrons. The van der Waals surface area contributed by atoms with Crippen molar-refractivity contribution >= 4 is 11.8 Å². The molecule has 0 saturated heterocycles. The molecule has 27 heavy (non-hydrogen) atoms. The molecular weight excluding hydrogens is 336 g/mol. The van der Waals surface area contributed by atoms with E-state index in [2.05, 4.69) is 31.4 Å². The van der Waals surface area contributed by atoms with E-state index in [1.165, 1.54) is 5.56 Å². The third-order valence-electron chi connectivity index (χ3n) is 4.56. The summed E-state index contributed by atoms with van der Waals surface area (Å²) in [6, 6.07) is 16.7. The molecule has 0 fully saturated rings. The van der Waals surface area contributed by atoms with Crippen LogP contribution in [0.5, 0.6) is 0 Å². The van der Waals surface area contributed by atoms with Crippen LogP contribution in [0.3, 0.4) is 0 Å².